The molecule has 16 heavy (non-hydrogen) atoms. The van der Waals surface area contributed by atoms with Crippen molar-refractivity contribution in [2.75, 3.05) is 6.54 Å². The lowest BCUT2D eigenvalue weighted by Gasteiger charge is -2.17. The van der Waals surface area contributed by atoms with Crippen LogP contribution >= 0.6 is 12.2 Å². The van der Waals surface area contributed by atoms with Crippen molar-refractivity contribution in [2.24, 2.45) is 11.7 Å². The Bertz CT molecular complexity index is 315. The fourth-order valence-corrected chi connectivity index (χ4v) is 2.58. The van der Waals surface area contributed by atoms with E-state index in [4.69, 9.17) is 18.0 Å². The van der Waals surface area contributed by atoms with E-state index in [0.717, 1.165) is 0 Å². The van der Waals surface area contributed by atoms with Gasteiger partial charge < -0.3 is 5.73 Å². The highest BCUT2D eigenvalue weighted by Gasteiger charge is 2.16. The molecule has 0 aromatic rings. The minimum atomic E-state index is -3.45. The molecule has 0 aliphatic heterocycles. The molecule has 0 bridgehead atoms. The molecule has 4 N–H and O–H groups in total. The second kappa shape index (κ2) is 7.16. The average Bonchev–Trinajstić information content (AvgIpc) is 2.13. The average molecular weight is 267 g/mol. The van der Waals surface area contributed by atoms with Gasteiger partial charge in [0, 0.05) is 19.0 Å². The summed E-state index contributed by atoms with van der Waals surface area (Å²) in [6.07, 6.45) is 1.04. The molecule has 0 aliphatic rings. The highest BCUT2D eigenvalue weighted by Crippen LogP contribution is 2.00. The molecule has 0 aliphatic carbocycles. The first-order valence-electron chi connectivity index (χ1n) is 5.32. The fourth-order valence-electron chi connectivity index (χ4n) is 1.05. The number of hydrogen-bond donors (Lipinski definition) is 3. The molecule has 0 saturated carbocycles. The summed E-state index contributed by atoms with van der Waals surface area (Å²) in [4.78, 5) is 0.318. The lowest BCUT2D eigenvalue weighted by molar-refractivity contribution is 0.522. The van der Waals surface area contributed by atoms with E-state index >= 15 is 0 Å². The molecular formula is C9H21N3O2S2. The van der Waals surface area contributed by atoms with E-state index in [0.29, 0.717) is 24.4 Å². The number of nitrogens with one attached hydrogen (secondary N) is 2. The number of nitrogens with two attached hydrogens (primary N) is 1. The molecule has 96 valence electrons. The zero-order valence-electron chi connectivity index (χ0n) is 9.99. The number of thiocarbonyl (C=S) groups is 1. The summed E-state index contributed by atoms with van der Waals surface area (Å²) in [5.41, 5.74) is 5.39. The largest absolute Gasteiger partial charge is 0.393 e. The van der Waals surface area contributed by atoms with E-state index in [2.05, 4.69) is 9.44 Å². The van der Waals surface area contributed by atoms with Gasteiger partial charge in [0.05, 0.1) is 4.99 Å². The van der Waals surface area contributed by atoms with Gasteiger partial charge in [-0.15, -0.1) is 0 Å². The van der Waals surface area contributed by atoms with E-state index in [1.165, 1.54) is 0 Å². The maximum atomic E-state index is 11.6. The number of hydrogen-bond acceptors (Lipinski definition) is 3. The third kappa shape index (κ3) is 7.98. The Morgan fingerprint density at radius 2 is 2.00 bits per heavy atom. The monoisotopic (exact) mass is 267 g/mol. The van der Waals surface area contributed by atoms with Crippen molar-refractivity contribution in [3.63, 3.8) is 0 Å². The summed E-state index contributed by atoms with van der Waals surface area (Å²) in [6.45, 7) is 6.18. The summed E-state index contributed by atoms with van der Waals surface area (Å²) in [6, 6.07) is -0.234. The van der Waals surface area contributed by atoms with Crippen LogP contribution in [0.2, 0.25) is 0 Å². The molecule has 1 unspecified atom stereocenters. The second-order valence-corrected chi connectivity index (χ2v) is 6.19. The SMILES string of the molecule is CCC(CC(N)=S)NS(=O)(=O)NCC(C)C. The van der Waals surface area contributed by atoms with E-state index < -0.39 is 10.2 Å². The predicted octanol–water partition coefficient (Wildman–Crippen LogP) is 0.521. The van der Waals surface area contributed by atoms with Crippen molar-refractivity contribution in [3.05, 3.63) is 0 Å². The number of rotatable bonds is 8. The van der Waals surface area contributed by atoms with Crippen LogP contribution in [-0.2, 0) is 10.2 Å². The van der Waals surface area contributed by atoms with Crippen LogP contribution in [0, 0.1) is 5.92 Å². The normalized spacial score (nSPS) is 14.0. The van der Waals surface area contributed by atoms with Crippen molar-refractivity contribution < 1.29 is 8.42 Å². The Hall–Kier alpha value is -0.240. The first-order valence-corrected chi connectivity index (χ1v) is 7.21. The molecule has 0 saturated heterocycles. The molecule has 0 fully saturated rings. The zero-order chi connectivity index (χ0) is 12.8. The Kier molecular flexibility index (Phi) is 7.05. The molecule has 5 nitrogen and oxygen atoms in total. The van der Waals surface area contributed by atoms with Gasteiger partial charge in [0.2, 0.25) is 0 Å². The third-order valence-electron chi connectivity index (χ3n) is 1.94. The molecule has 0 heterocycles. The maximum absolute atomic E-state index is 11.6. The molecule has 0 aromatic carbocycles. The van der Waals surface area contributed by atoms with Crippen LogP contribution in [-0.4, -0.2) is 26.0 Å². The van der Waals surface area contributed by atoms with Gasteiger partial charge in [-0.05, 0) is 12.3 Å². The molecule has 0 spiro atoms. The van der Waals surface area contributed by atoms with Gasteiger partial charge in [-0.1, -0.05) is 33.0 Å². The van der Waals surface area contributed by atoms with Crippen LogP contribution in [0.25, 0.3) is 0 Å². The molecule has 0 radical (unpaired) electrons. The van der Waals surface area contributed by atoms with Crippen molar-refractivity contribution >= 4 is 27.4 Å². The van der Waals surface area contributed by atoms with Gasteiger partial charge >= 0.3 is 0 Å². The molecular weight excluding hydrogens is 246 g/mol. The molecule has 0 aromatic heterocycles. The van der Waals surface area contributed by atoms with Crippen molar-refractivity contribution in [2.45, 2.75) is 39.7 Å². The topological polar surface area (TPSA) is 84.2 Å². The van der Waals surface area contributed by atoms with Gasteiger partial charge in [0.25, 0.3) is 10.2 Å². The molecule has 0 rings (SSSR count). The van der Waals surface area contributed by atoms with E-state index in [1.807, 2.05) is 20.8 Å². The van der Waals surface area contributed by atoms with E-state index in [9.17, 15) is 8.42 Å². The first kappa shape index (κ1) is 15.8. The zero-order valence-corrected chi connectivity index (χ0v) is 11.6. The summed E-state index contributed by atoms with van der Waals surface area (Å²) in [7, 11) is -3.45. The summed E-state index contributed by atoms with van der Waals surface area (Å²) in [5, 5.41) is 0. The predicted molar refractivity (Wildman–Crippen MR) is 70.4 cm³/mol. The highest BCUT2D eigenvalue weighted by molar-refractivity contribution is 7.87. The van der Waals surface area contributed by atoms with Crippen LogP contribution < -0.4 is 15.2 Å². The second-order valence-electron chi connectivity index (χ2n) is 4.14. The molecule has 1 atom stereocenters. The van der Waals surface area contributed by atoms with Gasteiger partial charge in [0.15, 0.2) is 0 Å². The van der Waals surface area contributed by atoms with Crippen LogP contribution in [0.4, 0.5) is 0 Å². The van der Waals surface area contributed by atoms with Gasteiger partial charge in [0.1, 0.15) is 0 Å². The van der Waals surface area contributed by atoms with Gasteiger partial charge in [-0.3, -0.25) is 0 Å². The lowest BCUT2D eigenvalue weighted by Crippen LogP contribution is -2.44. The van der Waals surface area contributed by atoms with Crippen molar-refractivity contribution in [1.82, 2.24) is 9.44 Å². The molecule has 0 amide bonds. The maximum Gasteiger partial charge on any atom is 0.277 e. The minimum absolute atomic E-state index is 0.234. The lowest BCUT2D eigenvalue weighted by atomic mass is 10.2. The summed E-state index contributed by atoms with van der Waals surface area (Å²) < 4.78 is 28.2. The molecule has 7 heteroatoms. The highest BCUT2D eigenvalue weighted by atomic mass is 32.2. The van der Waals surface area contributed by atoms with Gasteiger partial charge in [-0.25, -0.2) is 4.72 Å². The Morgan fingerprint density at radius 1 is 1.44 bits per heavy atom. The standard InChI is InChI=1S/C9H21N3O2S2/c1-4-8(5-9(10)15)12-16(13,14)11-6-7(2)3/h7-8,11-12H,4-6H2,1-3H3,(H2,10,15). The van der Waals surface area contributed by atoms with Crippen molar-refractivity contribution in [3.8, 4) is 0 Å². The van der Waals surface area contributed by atoms with Crippen LogP contribution in [0.1, 0.15) is 33.6 Å². The first-order chi connectivity index (χ1) is 7.26. The summed E-state index contributed by atoms with van der Waals surface area (Å²) in [5.74, 6) is 0.271. The minimum Gasteiger partial charge on any atom is -0.393 e. The van der Waals surface area contributed by atoms with E-state index in [-0.39, 0.29) is 12.0 Å². The smallest absolute Gasteiger partial charge is 0.277 e. The Labute approximate surface area is 103 Å². The van der Waals surface area contributed by atoms with E-state index in [1.54, 1.807) is 0 Å². The van der Waals surface area contributed by atoms with Crippen LogP contribution in [0.3, 0.4) is 0 Å². The van der Waals surface area contributed by atoms with Crippen LogP contribution in [0.15, 0.2) is 0 Å². The van der Waals surface area contributed by atoms with Gasteiger partial charge in [-0.2, -0.15) is 13.1 Å². The van der Waals surface area contributed by atoms with Crippen LogP contribution in [0.5, 0.6) is 0 Å². The van der Waals surface area contributed by atoms with Crippen molar-refractivity contribution in [1.29, 1.82) is 0 Å². The fraction of sp³-hybridized carbons (Fsp3) is 0.889. The quantitative estimate of drug-likeness (QED) is 0.560. The Morgan fingerprint density at radius 3 is 2.38 bits per heavy atom. The third-order valence-corrected chi connectivity index (χ3v) is 3.30. The summed E-state index contributed by atoms with van der Waals surface area (Å²) >= 11 is 4.76. The Balaban J connectivity index is 4.26.